The van der Waals surface area contributed by atoms with Gasteiger partial charge in [0.25, 0.3) is 0 Å². The van der Waals surface area contributed by atoms with E-state index in [1.54, 1.807) is 0 Å². The quantitative estimate of drug-likeness (QED) is 0.477. The van der Waals surface area contributed by atoms with Gasteiger partial charge in [-0.1, -0.05) is 39.5 Å². The third-order valence-electron chi connectivity index (χ3n) is 3.60. The number of ether oxygens (including phenoxy) is 2. The lowest BCUT2D eigenvalue weighted by atomic mass is 10.1. The molecule has 0 aliphatic heterocycles. The van der Waals surface area contributed by atoms with Gasteiger partial charge in [0.2, 0.25) is 0 Å². The molecule has 0 saturated heterocycles. The van der Waals surface area contributed by atoms with E-state index in [0.29, 0.717) is 12.8 Å². The van der Waals surface area contributed by atoms with E-state index in [2.05, 4.69) is 12.1 Å². The molecular formula is C18H28N2O4. The summed E-state index contributed by atoms with van der Waals surface area (Å²) in [5, 5.41) is 17.9. The molecule has 134 valence electrons. The van der Waals surface area contributed by atoms with Crippen molar-refractivity contribution < 1.29 is 19.1 Å². The van der Waals surface area contributed by atoms with Crippen molar-refractivity contribution in [2.24, 2.45) is 11.8 Å². The Hall–Kier alpha value is -2.08. The van der Waals surface area contributed by atoms with Crippen LogP contribution in [-0.2, 0) is 19.1 Å². The van der Waals surface area contributed by atoms with Crippen LogP contribution in [0.4, 0.5) is 0 Å². The van der Waals surface area contributed by atoms with Crippen LogP contribution in [0.3, 0.4) is 0 Å². The minimum absolute atomic E-state index is 0.0674. The summed E-state index contributed by atoms with van der Waals surface area (Å²) in [6.07, 6.45) is 5.07. The SMILES string of the molecule is CCCCC(C#N)COC(=O)CCC(=O)OCC(C#N)CCCC. The number of hydrogen-bond acceptors (Lipinski definition) is 6. The molecule has 0 N–H and O–H groups in total. The van der Waals surface area contributed by atoms with Gasteiger partial charge in [-0.3, -0.25) is 9.59 Å². The molecule has 0 aliphatic carbocycles. The van der Waals surface area contributed by atoms with Gasteiger partial charge in [0.05, 0.1) is 36.8 Å². The number of nitrogens with zero attached hydrogens (tertiary/aromatic N) is 2. The Bertz CT molecular complexity index is 409. The van der Waals surface area contributed by atoms with Crippen molar-refractivity contribution in [2.45, 2.75) is 65.2 Å². The van der Waals surface area contributed by atoms with Crippen LogP contribution in [0.2, 0.25) is 0 Å². The van der Waals surface area contributed by atoms with Crippen LogP contribution >= 0.6 is 0 Å². The van der Waals surface area contributed by atoms with Gasteiger partial charge in [-0.2, -0.15) is 10.5 Å². The van der Waals surface area contributed by atoms with Crippen molar-refractivity contribution in [2.75, 3.05) is 13.2 Å². The molecule has 2 unspecified atom stereocenters. The monoisotopic (exact) mass is 336 g/mol. The highest BCUT2D eigenvalue weighted by atomic mass is 16.5. The average molecular weight is 336 g/mol. The Kier molecular flexibility index (Phi) is 13.3. The van der Waals surface area contributed by atoms with E-state index in [1.807, 2.05) is 13.8 Å². The van der Waals surface area contributed by atoms with E-state index in [9.17, 15) is 9.59 Å². The van der Waals surface area contributed by atoms with Crippen LogP contribution in [0.15, 0.2) is 0 Å². The van der Waals surface area contributed by atoms with Crippen LogP contribution in [0.25, 0.3) is 0 Å². The first-order valence-corrected chi connectivity index (χ1v) is 8.67. The zero-order valence-electron chi connectivity index (χ0n) is 14.8. The van der Waals surface area contributed by atoms with Crippen LogP contribution in [-0.4, -0.2) is 25.2 Å². The van der Waals surface area contributed by atoms with Crippen LogP contribution in [0.1, 0.15) is 65.2 Å². The van der Waals surface area contributed by atoms with Crippen molar-refractivity contribution in [3.05, 3.63) is 0 Å². The predicted molar refractivity (Wildman–Crippen MR) is 88.4 cm³/mol. The molecule has 0 amide bonds. The maximum Gasteiger partial charge on any atom is 0.306 e. The normalized spacial score (nSPS) is 12.5. The fraction of sp³-hybridized carbons (Fsp3) is 0.778. The van der Waals surface area contributed by atoms with E-state index in [0.717, 1.165) is 25.7 Å². The lowest BCUT2D eigenvalue weighted by Crippen LogP contribution is -2.16. The Labute approximate surface area is 144 Å². The largest absolute Gasteiger partial charge is 0.464 e. The molecule has 0 radical (unpaired) electrons. The minimum Gasteiger partial charge on any atom is -0.464 e. The number of hydrogen-bond donors (Lipinski definition) is 0. The van der Waals surface area contributed by atoms with Crippen molar-refractivity contribution in [3.63, 3.8) is 0 Å². The van der Waals surface area contributed by atoms with Gasteiger partial charge in [0.1, 0.15) is 13.2 Å². The summed E-state index contributed by atoms with van der Waals surface area (Å²) in [5.74, 6) is -1.61. The van der Waals surface area contributed by atoms with Gasteiger partial charge in [-0.25, -0.2) is 0 Å². The molecule has 6 nitrogen and oxygen atoms in total. The zero-order valence-corrected chi connectivity index (χ0v) is 14.8. The molecule has 0 bridgehead atoms. The first kappa shape index (κ1) is 21.9. The molecule has 0 spiro atoms. The van der Waals surface area contributed by atoms with E-state index in [-0.39, 0.29) is 37.9 Å². The first-order valence-electron chi connectivity index (χ1n) is 8.67. The third kappa shape index (κ3) is 11.5. The van der Waals surface area contributed by atoms with E-state index >= 15 is 0 Å². The second kappa shape index (κ2) is 14.5. The molecule has 2 atom stereocenters. The standard InChI is InChI=1S/C18H28N2O4/c1-3-5-7-15(11-19)13-23-17(21)9-10-18(22)24-14-16(12-20)8-6-4-2/h15-16H,3-10,13-14H2,1-2H3. The van der Waals surface area contributed by atoms with Crippen LogP contribution in [0, 0.1) is 34.5 Å². The van der Waals surface area contributed by atoms with Gasteiger partial charge in [-0.05, 0) is 12.8 Å². The first-order chi connectivity index (χ1) is 11.6. The Morgan fingerprint density at radius 3 is 1.50 bits per heavy atom. The van der Waals surface area contributed by atoms with E-state index < -0.39 is 11.9 Å². The fourth-order valence-electron chi connectivity index (χ4n) is 2.01. The summed E-state index contributed by atoms with van der Waals surface area (Å²) in [6.45, 7) is 4.20. The van der Waals surface area contributed by atoms with E-state index in [1.165, 1.54) is 0 Å². The van der Waals surface area contributed by atoms with Crippen molar-refractivity contribution >= 4 is 11.9 Å². The molecular weight excluding hydrogens is 308 g/mol. The smallest absolute Gasteiger partial charge is 0.306 e. The summed E-state index contributed by atoms with van der Waals surface area (Å²) in [4.78, 5) is 23.2. The molecule has 0 saturated carbocycles. The molecule has 0 aromatic heterocycles. The topological polar surface area (TPSA) is 100 Å². The van der Waals surface area contributed by atoms with Gasteiger partial charge < -0.3 is 9.47 Å². The average Bonchev–Trinajstić information content (AvgIpc) is 2.60. The molecule has 0 aromatic rings. The summed E-state index contributed by atoms with van der Waals surface area (Å²) >= 11 is 0. The molecule has 0 aliphatic rings. The summed E-state index contributed by atoms with van der Waals surface area (Å²) in [5.41, 5.74) is 0. The molecule has 0 rings (SSSR count). The highest BCUT2D eigenvalue weighted by molar-refractivity contribution is 5.77. The summed E-state index contributed by atoms with van der Waals surface area (Å²) in [7, 11) is 0. The summed E-state index contributed by atoms with van der Waals surface area (Å²) in [6, 6.07) is 4.23. The molecule has 0 aromatic carbocycles. The van der Waals surface area contributed by atoms with Crippen LogP contribution in [0.5, 0.6) is 0 Å². The maximum absolute atomic E-state index is 11.6. The summed E-state index contributed by atoms with van der Waals surface area (Å²) < 4.78 is 10.0. The third-order valence-corrected chi connectivity index (χ3v) is 3.60. The fourth-order valence-corrected chi connectivity index (χ4v) is 2.01. The van der Waals surface area contributed by atoms with Crippen molar-refractivity contribution in [3.8, 4) is 12.1 Å². The second-order valence-corrected chi connectivity index (χ2v) is 5.80. The number of carbonyl (C=O) groups excluding carboxylic acids is 2. The van der Waals surface area contributed by atoms with E-state index in [4.69, 9.17) is 20.0 Å². The number of unbranched alkanes of at least 4 members (excludes halogenated alkanes) is 2. The number of esters is 2. The Morgan fingerprint density at radius 2 is 1.21 bits per heavy atom. The minimum atomic E-state index is -0.508. The number of rotatable bonds is 13. The molecule has 0 fully saturated rings. The highest BCUT2D eigenvalue weighted by Crippen LogP contribution is 2.10. The van der Waals surface area contributed by atoms with Gasteiger partial charge in [0.15, 0.2) is 0 Å². The highest BCUT2D eigenvalue weighted by Gasteiger charge is 2.14. The van der Waals surface area contributed by atoms with Crippen molar-refractivity contribution in [1.82, 2.24) is 0 Å². The number of carbonyl (C=O) groups is 2. The lowest BCUT2D eigenvalue weighted by molar-refractivity contribution is -0.151. The number of nitriles is 2. The Morgan fingerprint density at radius 1 is 0.833 bits per heavy atom. The van der Waals surface area contributed by atoms with Gasteiger partial charge in [0, 0.05) is 0 Å². The maximum atomic E-state index is 11.6. The zero-order chi connectivity index (χ0) is 18.2. The molecule has 0 heterocycles. The molecule has 24 heavy (non-hydrogen) atoms. The lowest BCUT2D eigenvalue weighted by Gasteiger charge is -2.10. The van der Waals surface area contributed by atoms with Gasteiger partial charge >= 0.3 is 11.9 Å². The predicted octanol–water partition coefficient (Wildman–Crippen LogP) is 3.51. The molecule has 6 heteroatoms. The van der Waals surface area contributed by atoms with Gasteiger partial charge in [-0.15, -0.1) is 0 Å². The second-order valence-electron chi connectivity index (χ2n) is 5.80. The Balaban J connectivity index is 3.91. The van der Waals surface area contributed by atoms with Crippen LogP contribution < -0.4 is 0 Å². The van der Waals surface area contributed by atoms with Crippen molar-refractivity contribution in [1.29, 1.82) is 10.5 Å².